The largest absolute Gasteiger partial charge is 0.330 e. The van der Waals surface area contributed by atoms with Crippen LogP contribution >= 0.6 is 0 Å². The number of hydrazine groups is 3. The highest BCUT2D eigenvalue weighted by atomic mass is 16.2. The molecule has 2 fully saturated rings. The molecule has 0 bridgehead atoms. The SMILES string of the molecule is CC(C)CC/C=C/[C@H](Cc1ccccc1)C(=O)N1CCC[C@H]1C(=O)NN[C@H](C(=O)N(N)CC(=O)NNC1CC(C)(C)NC(C)(C)C1)C(C)C. The predicted molar refractivity (Wildman–Crippen MR) is 193 cm³/mol. The van der Waals surface area contributed by atoms with E-state index in [4.69, 9.17) is 5.84 Å². The molecule has 1 aromatic rings. The van der Waals surface area contributed by atoms with Crippen molar-refractivity contribution in [3.05, 3.63) is 48.0 Å². The summed E-state index contributed by atoms with van der Waals surface area (Å²) in [6.45, 7) is 16.6. The molecule has 0 saturated carbocycles. The smallest absolute Gasteiger partial charge is 0.256 e. The van der Waals surface area contributed by atoms with Crippen molar-refractivity contribution in [2.24, 2.45) is 23.6 Å². The van der Waals surface area contributed by atoms with Gasteiger partial charge in [-0.15, -0.1) is 0 Å². The quantitative estimate of drug-likeness (QED) is 0.0672. The number of hydrogen-bond acceptors (Lipinski definition) is 8. The van der Waals surface area contributed by atoms with Gasteiger partial charge >= 0.3 is 0 Å². The lowest BCUT2D eigenvalue weighted by Gasteiger charge is -2.46. The molecule has 49 heavy (non-hydrogen) atoms. The standard InChI is InChI=1S/C37H62N8O4/c1-25(2)15-12-13-18-28(21-27-16-10-9-11-17-27)34(48)44-20-14-19-30(44)33(47)42-41-32(26(3)4)35(49)45(38)24-31(46)40-39-29-22-36(5,6)43-37(7,8)23-29/h9-11,13,16-18,25-26,28-30,32,39,41,43H,12,14-15,19-24,38H2,1-8H3,(H,40,46)(H,42,47)/b18-13+/t28-,30+,32+/m1/s1. The lowest BCUT2D eigenvalue weighted by Crippen LogP contribution is -2.64. The maximum atomic E-state index is 13.9. The van der Waals surface area contributed by atoms with Crippen LogP contribution in [0.2, 0.25) is 0 Å². The number of piperidine rings is 1. The Hall–Kier alpha value is -3.32. The Morgan fingerprint density at radius 3 is 2.29 bits per heavy atom. The number of rotatable bonds is 16. The molecule has 2 saturated heterocycles. The first-order valence-electron chi connectivity index (χ1n) is 17.9. The van der Waals surface area contributed by atoms with Gasteiger partial charge in [0.05, 0.1) is 5.92 Å². The number of carbonyl (C=O) groups excluding carboxylic acids is 4. The Morgan fingerprint density at radius 1 is 1.02 bits per heavy atom. The highest BCUT2D eigenvalue weighted by Crippen LogP contribution is 2.28. The molecule has 0 spiro atoms. The number of likely N-dealkylation sites (tertiary alicyclic amines) is 1. The van der Waals surface area contributed by atoms with Crippen molar-refractivity contribution in [1.29, 1.82) is 0 Å². The lowest BCUT2D eigenvalue weighted by molar-refractivity contribution is -0.142. The van der Waals surface area contributed by atoms with Gasteiger partial charge in [-0.05, 0) is 90.0 Å². The topological polar surface area (TPSA) is 161 Å². The van der Waals surface area contributed by atoms with Crippen LogP contribution in [0, 0.1) is 17.8 Å². The van der Waals surface area contributed by atoms with Crippen molar-refractivity contribution in [2.75, 3.05) is 13.1 Å². The van der Waals surface area contributed by atoms with E-state index in [0.717, 1.165) is 36.3 Å². The van der Waals surface area contributed by atoms with E-state index in [0.29, 0.717) is 31.7 Å². The van der Waals surface area contributed by atoms with Crippen LogP contribution in [0.5, 0.6) is 0 Å². The molecule has 274 valence electrons. The van der Waals surface area contributed by atoms with Gasteiger partial charge in [0, 0.05) is 23.7 Å². The Kier molecular flexibility index (Phi) is 14.8. The fourth-order valence-electron chi connectivity index (χ4n) is 7.12. The average Bonchev–Trinajstić information content (AvgIpc) is 3.50. The number of allylic oxidation sites excluding steroid dienone is 1. The molecule has 4 amide bonds. The number of nitrogens with two attached hydrogens (primary N) is 1. The van der Waals surface area contributed by atoms with Crippen LogP contribution in [-0.2, 0) is 25.6 Å². The van der Waals surface area contributed by atoms with Crippen molar-refractivity contribution in [3.8, 4) is 0 Å². The van der Waals surface area contributed by atoms with E-state index in [9.17, 15) is 19.2 Å². The minimum atomic E-state index is -0.888. The zero-order chi connectivity index (χ0) is 36.4. The summed E-state index contributed by atoms with van der Waals surface area (Å²) in [5.41, 5.74) is 12.2. The van der Waals surface area contributed by atoms with Gasteiger partial charge in [-0.2, -0.15) is 0 Å². The molecule has 0 radical (unpaired) electrons. The zero-order valence-corrected chi connectivity index (χ0v) is 31.0. The number of hydrogen-bond donors (Lipinski definition) is 6. The number of amides is 4. The monoisotopic (exact) mass is 682 g/mol. The predicted octanol–water partition coefficient (Wildman–Crippen LogP) is 3.11. The van der Waals surface area contributed by atoms with Gasteiger partial charge in [0.2, 0.25) is 5.91 Å². The Bertz CT molecular complexity index is 1270. The maximum absolute atomic E-state index is 13.9. The molecule has 2 aliphatic rings. The van der Waals surface area contributed by atoms with Crippen LogP contribution in [0.15, 0.2) is 42.5 Å². The number of nitrogens with zero attached hydrogens (tertiary/aromatic N) is 2. The van der Waals surface area contributed by atoms with E-state index < -0.39 is 23.9 Å². The van der Waals surface area contributed by atoms with E-state index in [1.807, 2.05) is 50.3 Å². The van der Waals surface area contributed by atoms with Gasteiger partial charge in [0.1, 0.15) is 18.6 Å². The summed E-state index contributed by atoms with van der Waals surface area (Å²) < 4.78 is 0. The summed E-state index contributed by atoms with van der Waals surface area (Å²) >= 11 is 0. The summed E-state index contributed by atoms with van der Waals surface area (Å²) in [5, 5.41) is 4.47. The molecule has 1 aromatic carbocycles. The summed E-state index contributed by atoms with van der Waals surface area (Å²) in [4.78, 5) is 55.1. The lowest BCUT2D eigenvalue weighted by atomic mass is 9.80. The normalized spacial score (nSPS) is 20.4. The van der Waals surface area contributed by atoms with Crippen molar-refractivity contribution in [3.63, 3.8) is 0 Å². The molecule has 0 unspecified atom stereocenters. The molecule has 3 rings (SSSR count). The minimum absolute atomic E-state index is 0.0500. The second-order valence-corrected chi connectivity index (χ2v) is 15.9. The number of benzene rings is 1. The van der Waals surface area contributed by atoms with Crippen LogP contribution in [-0.4, -0.2) is 75.8 Å². The maximum Gasteiger partial charge on any atom is 0.256 e. The van der Waals surface area contributed by atoms with Crippen LogP contribution in [0.3, 0.4) is 0 Å². The molecular weight excluding hydrogens is 620 g/mol. The van der Waals surface area contributed by atoms with Gasteiger partial charge in [-0.1, -0.05) is 70.2 Å². The van der Waals surface area contributed by atoms with E-state index in [-0.39, 0.29) is 47.3 Å². The summed E-state index contributed by atoms with van der Waals surface area (Å²) in [6, 6.07) is 8.41. The second kappa shape index (κ2) is 18.1. The van der Waals surface area contributed by atoms with Crippen LogP contribution in [0.4, 0.5) is 0 Å². The van der Waals surface area contributed by atoms with Crippen molar-refractivity contribution < 1.29 is 19.2 Å². The molecule has 12 nitrogen and oxygen atoms in total. The first kappa shape index (κ1) is 40.1. The molecule has 7 N–H and O–H groups in total. The first-order valence-corrected chi connectivity index (χ1v) is 17.9. The van der Waals surface area contributed by atoms with Gasteiger partial charge in [0.25, 0.3) is 17.7 Å². The molecule has 0 aliphatic carbocycles. The first-order chi connectivity index (χ1) is 23.0. The van der Waals surface area contributed by atoms with E-state index in [1.165, 1.54) is 0 Å². The number of carbonyl (C=O) groups is 4. The Morgan fingerprint density at radius 2 is 1.67 bits per heavy atom. The molecule has 2 heterocycles. The molecular formula is C37H62N8O4. The molecule has 12 heteroatoms. The molecule has 3 atom stereocenters. The highest BCUT2D eigenvalue weighted by molar-refractivity contribution is 5.90. The minimum Gasteiger partial charge on any atom is -0.330 e. The molecule has 2 aliphatic heterocycles. The van der Waals surface area contributed by atoms with Crippen molar-refractivity contribution >= 4 is 23.6 Å². The average molecular weight is 683 g/mol. The van der Waals surface area contributed by atoms with Crippen molar-refractivity contribution in [1.82, 2.24) is 36.9 Å². The number of nitrogens with one attached hydrogen (secondary N) is 5. The highest BCUT2D eigenvalue weighted by Gasteiger charge is 2.39. The third-order valence-corrected chi connectivity index (χ3v) is 9.22. The second-order valence-electron chi connectivity index (χ2n) is 15.9. The summed E-state index contributed by atoms with van der Waals surface area (Å²) in [7, 11) is 0. The van der Waals surface area contributed by atoms with E-state index in [1.54, 1.807) is 4.90 Å². The summed E-state index contributed by atoms with van der Waals surface area (Å²) in [5.74, 6) is 4.55. The van der Waals surface area contributed by atoms with Crippen LogP contribution in [0.1, 0.15) is 99.5 Å². The Balaban J connectivity index is 1.57. The zero-order valence-electron chi connectivity index (χ0n) is 31.0. The fraction of sp³-hybridized carbons (Fsp3) is 0.676. The van der Waals surface area contributed by atoms with Gasteiger partial charge < -0.3 is 10.2 Å². The fourth-order valence-corrected chi connectivity index (χ4v) is 7.12. The van der Waals surface area contributed by atoms with E-state index in [2.05, 4.69) is 74.6 Å². The third-order valence-electron chi connectivity index (χ3n) is 9.22. The van der Waals surface area contributed by atoms with E-state index >= 15 is 0 Å². The van der Waals surface area contributed by atoms with Crippen LogP contribution in [0.25, 0.3) is 0 Å². The van der Waals surface area contributed by atoms with Gasteiger partial charge in [-0.25, -0.2) is 16.7 Å². The Labute approximate surface area is 293 Å². The van der Waals surface area contributed by atoms with Gasteiger partial charge in [0.15, 0.2) is 0 Å². The summed E-state index contributed by atoms with van der Waals surface area (Å²) in [6.07, 6.45) is 9.41. The van der Waals surface area contributed by atoms with Crippen molar-refractivity contribution in [2.45, 2.75) is 130 Å². The van der Waals surface area contributed by atoms with Crippen LogP contribution < -0.4 is 32.9 Å². The molecule has 0 aromatic heterocycles. The third kappa shape index (κ3) is 12.8. The van der Waals surface area contributed by atoms with Gasteiger partial charge in [-0.3, -0.25) is 35.0 Å².